The van der Waals surface area contributed by atoms with Crippen LogP contribution in [0.15, 0.2) is 46.9 Å². The third kappa shape index (κ3) is 5.32. The van der Waals surface area contributed by atoms with E-state index in [1.807, 2.05) is 19.1 Å². The maximum absolute atomic E-state index is 12.4. The van der Waals surface area contributed by atoms with Crippen molar-refractivity contribution >= 4 is 33.5 Å². The molecule has 5 nitrogen and oxygen atoms in total. The van der Waals surface area contributed by atoms with Gasteiger partial charge < -0.3 is 14.8 Å². The van der Waals surface area contributed by atoms with Crippen molar-refractivity contribution in [3.63, 3.8) is 0 Å². The van der Waals surface area contributed by atoms with Gasteiger partial charge in [0.15, 0.2) is 6.10 Å². The van der Waals surface area contributed by atoms with E-state index < -0.39 is 12.1 Å². The minimum atomic E-state index is -0.688. The fourth-order valence-electron chi connectivity index (χ4n) is 2.10. The second-order valence-electron chi connectivity index (χ2n) is 5.45. The molecule has 1 atom stereocenters. The highest BCUT2D eigenvalue weighted by Crippen LogP contribution is 2.20. The highest BCUT2D eigenvalue weighted by atomic mass is 79.9. The molecule has 0 saturated heterocycles. The van der Waals surface area contributed by atoms with E-state index in [1.165, 1.54) is 0 Å². The number of rotatable bonds is 6. The highest BCUT2D eigenvalue weighted by Gasteiger charge is 2.17. The number of carbonyl (C=O) groups excluding carboxylic acids is 2. The summed E-state index contributed by atoms with van der Waals surface area (Å²) in [6.07, 6.45) is -0.688. The largest absolute Gasteiger partial charge is 0.481 e. The van der Waals surface area contributed by atoms with Crippen molar-refractivity contribution in [2.45, 2.75) is 26.9 Å². The first kappa shape index (κ1) is 19.0. The van der Waals surface area contributed by atoms with Crippen LogP contribution in [-0.2, 0) is 9.53 Å². The number of amides is 1. The number of carbonyl (C=O) groups is 2. The molecule has 2 aromatic rings. The topological polar surface area (TPSA) is 64.6 Å². The molecule has 0 aliphatic carbocycles. The predicted octanol–water partition coefficient (Wildman–Crippen LogP) is 4.34. The summed E-state index contributed by atoms with van der Waals surface area (Å²) in [4.78, 5) is 24.2. The summed E-state index contributed by atoms with van der Waals surface area (Å²) >= 11 is 3.35. The number of anilines is 1. The van der Waals surface area contributed by atoms with E-state index in [4.69, 9.17) is 9.47 Å². The van der Waals surface area contributed by atoms with Crippen LogP contribution in [0.5, 0.6) is 5.75 Å². The second-order valence-corrected chi connectivity index (χ2v) is 6.37. The normalized spacial score (nSPS) is 11.5. The highest BCUT2D eigenvalue weighted by molar-refractivity contribution is 9.10. The summed E-state index contributed by atoms with van der Waals surface area (Å²) in [6, 6.07) is 12.3. The van der Waals surface area contributed by atoms with Crippen molar-refractivity contribution in [3.8, 4) is 5.75 Å². The van der Waals surface area contributed by atoms with Gasteiger partial charge in [-0.2, -0.15) is 0 Å². The van der Waals surface area contributed by atoms with Gasteiger partial charge in [-0.3, -0.25) is 4.79 Å². The van der Waals surface area contributed by atoms with Gasteiger partial charge in [0.1, 0.15) is 5.75 Å². The van der Waals surface area contributed by atoms with Crippen molar-refractivity contribution in [1.82, 2.24) is 0 Å². The molecule has 0 fully saturated rings. The average molecular weight is 406 g/mol. The lowest BCUT2D eigenvalue weighted by Crippen LogP contribution is -2.30. The number of nitrogens with one attached hydrogen (secondary N) is 1. The summed E-state index contributed by atoms with van der Waals surface area (Å²) in [5.74, 6) is -0.118. The van der Waals surface area contributed by atoms with Gasteiger partial charge in [0.25, 0.3) is 5.91 Å². The lowest BCUT2D eigenvalue weighted by atomic mass is 10.1. The molecule has 0 radical (unpaired) electrons. The first-order valence-electron chi connectivity index (χ1n) is 7.91. The molecule has 2 rings (SSSR count). The van der Waals surface area contributed by atoms with Crippen LogP contribution in [0.2, 0.25) is 0 Å². The van der Waals surface area contributed by atoms with E-state index in [9.17, 15) is 9.59 Å². The van der Waals surface area contributed by atoms with Gasteiger partial charge in [0, 0.05) is 10.2 Å². The molecule has 0 bridgehead atoms. The van der Waals surface area contributed by atoms with Crippen LogP contribution in [0, 0.1) is 6.92 Å². The molecule has 6 heteroatoms. The molecule has 0 aromatic heterocycles. The number of halogens is 1. The maximum Gasteiger partial charge on any atom is 0.338 e. The zero-order valence-electron chi connectivity index (χ0n) is 14.3. The summed E-state index contributed by atoms with van der Waals surface area (Å²) in [6.45, 7) is 5.56. The maximum atomic E-state index is 12.4. The minimum Gasteiger partial charge on any atom is -0.481 e. The smallest absolute Gasteiger partial charge is 0.338 e. The predicted molar refractivity (Wildman–Crippen MR) is 100.0 cm³/mol. The Kier molecular flexibility index (Phi) is 6.58. The Bertz CT molecular complexity index is 759. The Morgan fingerprint density at radius 3 is 2.48 bits per heavy atom. The van der Waals surface area contributed by atoms with Crippen molar-refractivity contribution in [3.05, 3.63) is 58.1 Å². The van der Waals surface area contributed by atoms with Crippen LogP contribution in [-0.4, -0.2) is 24.6 Å². The SMILES string of the molecule is CCOC(=O)c1ccc(C)c(NC(=O)[C@H](C)Oc2ccc(Br)cc2)c1. The molecule has 0 heterocycles. The molecular weight excluding hydrogens is 386 g/mol. The van der Waals surface area contributed by atoms with Crippen LogP contribution in [0.3, 0.4) is 0 Å². The molecule has 0 aliphatic rings. The summed E-state index contributed by atoms with van der Waals surface area (Å²) < 4.78 is 11.6. The molecule has 0 spiro atoms. The van der Waals surface area contributed by atoms with Crippen LogP contribution >= 0.6 is 15.9 Å². The Balaban J connectivity index is 2.07. The summed E-state index contributed by atoms with van der Waals surface area (Å²) in [5.41, 5.74) is 1.79. The van der Waals surface area contributed by atoms with E-state index in [0.29, 0.717) is 23.6 Å². The quantitative estimate of drug-likeness (QED) is 0.725. The van der Waals surface area contributed by atoms with Crippen molar-refractivity contribution in [2.24, 2.45) is 0 Å². The van der Waals surface area contributed by atoms with E-state index in [-0.39, 0.29) is 5.91 Å². The molecule has 0 unspecified atom stereocenters. The fraction of sp³-hybridized carbons (Fsp3) is 0.263. The zero-order chi connectivity index (χ0) is 18.4. The van der Waals surface area contributed by atoms with Gasteiger partial charge in [-0.25, -0.2) is 4.79 Å². The monoisotopic (exact) mass is 405 g/mol. The Morgan fingerprint density at radius 2 is 1.84 bits per heavy atom. The number of ether oxygens (including phenoxy) is 2. The van der Waals surface area contributed by atoms with Crippen molar-refractivity contribution in [2.75, 3.05) is 11.9 Å². The molecule has 132 valence electrons. The van der Waals surface area contributed by atoms with E-state index in [2.05, 4.69) is 21.2 Å². The Hall–Kier alpha value is -2.34. The summed E-state index contributed by atoms with van der Waals surface area (Å²) in [5, 5.41) is 2.80. The van der Waals surface area contributed by atoms with Gasteiger partial charge in [0.2, 0.25) is 0 Å². The number of hydrogen-bond acceptors (Lipinski definition) is 4. The first-order valence-corrected chi connectivity index (χ1v) is 8.71. The summed E-state index contributed by atoms with van der Waals surface area (Å²) in [7, 11) is 0. The Morgan fingerprint density at radius 1 is 1.16 bits per heavy atom. The standard InChI is InChI=1S/C19H20BrNO4/c1-4-24-19(23)14-6-5-12(2)17(11-14)21-18(22)13(3)25-16-9-7-15(20)8-10-16/h5-11,13H,4H2,1-3H3,(H,21,22)/t13-/m0/s1. The second kappa shape index (κ2) is 8.67. The number of esters is 1. The number of hydrogen-bond donors (Lipinski definition) is 1. The molecule has 2 aromatic carbocycles. The third-order valence-electron chi connectivity index (χ3n) is 3.50. The third-order valence-corrected chi connectivity index (χ3v) is 4.03. The van der Waals surface area contributed by atoms with Crippen molar-refractivity contribution in [1.29, 1.82) is 0 Å². The molecule has 1 N–H and O–H groups in total. The number of benzene rings is 2. The molecular formula is C19H20BrNO4. The lowest BCUT2D eigenvalue weighted by molar-refractivity contribution is -0.122. The fourth-order valence-corrected chi connectivity index (χ4v) is 2.37. The van der Waals surface area contributed by atoms with Gasteiger partial charge in [-0.1, -0.05) is 22.0 Å². The van der Waals surface area contributed by atoms with E-state index in [0.717, 1.165) is 10.0 Å². The molecule has 0 saturated carbocycles. The van der Waals surface area contributed by atoms with Crippen LogP contribution in [0.25, 0.3) is 0 Å². The van der Waals surface area contributed by atoms with Gasteiger partial charge in [0.05, 0.1) is 12.2 Å². The van der Waals surface area contributed by atoms with Crippen LogP contribution < -0.4 is 10.1 Å². The lowest BCUT2D eigenvalue weighted by Gasteiger charge is -2.16. The van der Waals surface area contributed by atoms with Crippen molar-refractivity contribution < 1.29 is 19.1 Å². The first-order chi connectivity index (χ1) is 11.9. The molecule has 25 heavy (non-hydrogen) atoms. The average Bonchev–Trinajstić information content (AvgIpc) is 2.59. The van der Waals surface area contributed by atoms with Gasteiger partial charge in [-0.05, 0) is 62.7 Å². The molecule has 1 amide bonds. The Labute approximate surface area is 155 Å². The minimum absolute atomic E-state index is 0.298. The molecule has 0 aliphatic heterocycles. The van der Waals surface area contributed by atoms with Gasteiger partial charge >= 0.3 is 5.97 Å². The number of aryl methyl sites for hydroxylation is 1. The van der Waals surface area contributed by atoms with E-state index in [1.54, 1.807) is 44.2 Å². The van der Waals surface area contributed by atoms with Crippen LogP contribution in [0.1, 0.15) is 29.8 Å². The van der Waals surface area contributed by atoms with Crippen LogP contribution in [0.4, 0.5) is 5.69 Å². The van der Waals surface area contributed by atoms with Gasteiger partial charge in [-0.15, -0.1) is 0 Å². The van der Waals surface area contributed by atoms with E-state index >= 15 is 0 Å². The zero-order valence-corrected chi connectivity index (χ0v) is 15.9.